The van der Waals surface area contributed by atoms with E-state index in [1.165, 1.54) is 23.2 Å². The van der Waals surface area contributed by atoms with Crippen molar-refractivity contribution < 1.29 is 10.2 Å². The lowest BCUT2D eigenvalue weighted by Gasteiger charge is -1.64. The van der Waals surface area contributed by atoms with Crippen molar-refractivity contribution in [2.75, 3.05) is 13.2 Å². The van der Waals surface area contributed by atoms with Gasteiger partial charge in [-0.2, -0.15) is 0 Å². The lowest BCUT2D eigenvalue weighted by molar-refractivity contribution is 0.342. The normalized spacial score (nSPS) is 10.0. The van der Waals surface area contributed by atoms with Gasteiger partial charge in [0.2, 0.25) is 0 Å². The third kappa shape index (κ3) is 24.5. The smallest absolute Gasteiger partial charge is 0.0623 e. The first-order valence-electron chi connectivity index (χ1n) is 2.55. The second-order valence-corrected chi connectivity index (χ2v) is 1.59. The van der Waals surface area contributed by atoms with Crippen LogP contribution in [0.2, 0.25) is 0 Å². The molecular formula is C6H10Cl2O2. The molecule has 0 aliphatic carbocycles. The fourth-order valence-electron chi connectivity index (χ4n) is 0.0797. The summed E-state index contributed by atoms with van der Waals surface area (Å²) in [6, 6.07) is 0. The van der Waals surface area contributed by atoms with Gasteiger partial charge in [-0.25, -0.2) is 0 Å². The van der Waals surface area contributed by atoms with E-state index >= 15 is 0 Å². The van der Waals surface area contributed by atoms with Crippen LogP contribution in [0, 0.1) is 0 Å². The van der Waals surface area contributed by atoms with Crippen molar-refractivity contribution in [1.29, 1.82) is 0 Å². The van der Waals surface area contributed by atoms with Gasteiger partial charge < -0.3 is 10.2 Å². The van der Waals surface area contributed by atoms with E-state index in [4.69, 9.17) is 33.4 Å². The summed E-state index contributed by atoms with van der Waals surface area (Å²) in [6.45, 7) is 0.0625. The van der Waals surface area contributed by atoms with Gasteiger partial charge in [0.25, 0.3) is 0 Å². The molecule has 0 rings (SSSR count). The molecule has 0 aliphatic heterocycles. The average Bonchev–Trinajstić information content (AvgIpc) is 1.93. The lowest BCUT2D eigenvalue weighted by atomic mass is 10.7. The van der Waals surface area contributed by atoms with Crippen molar-refractivity contribution in [2.45, 2.75) is 0 Å². The van der Waals surface area contributed by atoms with Crippen LogP contribution in [0.4, 0.5) is 0 Å². The van der Waals surface area contributed by atoms with Gasteiger partial charge >= 0.3 is 0 Å². The van der Waals surface area contributed by atoms with Crippen molar-refractivity contribution in [3.63, 3.8) is 0 Å². The van der Waals surface area contributed by atoms with Gasteiger partial charge in [-0.1, -0.05) is 23.2 Å². The number of aliphatic hydroxyl groups is 2. The standard InChI is InChI=1S/2C3H5ClO/c2*4-2-1-3-5/h2*1-2,5H,3H2. The van der Waals surface area contributed by atoms with Gasteiger partial charge in [0.1, 0.15) is 0 Å². The molecule has 0 saturated carbocycles. The van der Waals surface area contributed by atoms with Crippen molar-refractivity contribution in [3.8, 4) is 0 Å². The zero-order chi connectivity index (χ0) is 8.24. The van der Waals surface area contributed by atoms with Crippen LogP contribution in [0.3, 0.4) is 0 Å². The largest absolute Gasteiger partial charge is 0.392 e. The van der Waals surface area contributed by atoms with Crippen molar-refractivity contribution in [1.82, 2.24) is 0 Å². The third-order valence-electron chi connectivity index (χ3n) is 0.389. The highest BCUT2D eigenvalue weighted by Gasteiger charge is 1.54. The fourth-order valence-corrected chi connectivity index (χ4v) is 0.239. The molecule has 0 atom stereocenters. The maximum Gasteiger partial charge on any atom is 0.0623 e. The van der Waals surface area contributed by atoms with Crippen LogP contribution >= 0.6 is 23.2 Å². The topological polar surface area (TPSA) is 40.5 Å². The zero-order valence-electron chi connectivity index (χ0n) is 5.37. The van der Waals surface area contributed by atoms with Gasteiger partial charge in [0, 0.05) is 11.1 Å². The number of rotatable bonds is 2. The van der Waals surface area contributed by atoms with E-state index in [1.807, 2.05) is 0 Å². The molecule has 0 heterocycles. The Kier molecular flexibility index (Phi) is 20.2. The fraction of sp³-hybridized carbons (Fsp3) is 0.333. The van der Waals surface area contributed by atoms with Gasteiger partial charge in [-0.15, -0.1) is 0 Å². The lowest BCUT2D eigenvalue weighted by Crippen LogP contribution is -1.64. The maximum atomic E-state index is 7.90. The number of halogens is 2. The van der Waals surface area contributed by atoms with Crippen LogP contribution in [0.25, 0.3) is 0 Å². The predicted octanol–water partition coefficient (Wildman–Crippen LogP) is 1.46. The van der Waals surface area contributed by atoms with E-state index in [0.717, 1.165) is 0 Å². The van der Waals surface area contributed by atoms with Gasteiger partial charge in [0.15, 0.2) is 0 Å². The minimum absolute atomic E-state index is 0.0312. The van der Waals surface area contributed by atoms with E-state index in [-0.39, 0.29) is 13.2 Å². The summed E-state index contributed by atoms with van der Waals surface area (Å²) < 4.78 is 0. The molecule has 4 heteroatoms. The molecule has 0 fully saturated rings. The summed E-state index contributed by atoms with van der Waals surface area (Å²) in [5.74, 6) is 0. The molecule has 0 amide bonds. The van der Waals surface area contributed by atoms with Crippen LogP contribution < -0.4 is 0 Å². The summed E-state index contributed by atoms with van der Waals surface area (Å²) in [5.41, 5.74) is 2.56. The molecule has 0 unspecified atom stereocenters. The molecule has 10 heavy (non-hydrogen) atoms. The molecule has 0 saturated heterocycles. The second-order valence-electron chi connectivity index (χ2n) is 1.09. The molecule has 2 nitrogen and oxygen atoms in total. The SMILES string of the molecule is OCC=CCl.OCC=CCl. The Morgan fingerprint density at radius 3 is 1.20 bits per heavy atom. The molecule has 0 aromatic heterocycles. The second kappa shape index (κ2) is 16.0. The van der Waals surface area contributed by atoms with Crippen LogP contribution in [-0.4, -0.2) is 23.4 Å². The highest BCUT2D eigenvalue weighted by molar-refractivity contribution is 6.25. The van der Waals surface area contributed by atoms with Crippen LogP contribution in [-0.2, 0) is 0 Å². The van der Waals surface area contributed by atoms with Crippen molar-refractivity contribution >= 4 is 23.2 Å². The van der Waals surface area contributed by atoms with Gasteiger partial charge in [-0.3, -0.25) is 0 Å². The summed E-state index contributed by atoms with van der Waals surface area (Å²) >= 11 is 9.92. The van der Waals surface area contributed by atoms with E-state index in [9.17, 15) is 0 Å². The zero-order valence-corrected chi connectivity index (χ0v) is 6.89. The van der Waals surface area contributed by atoms with Crippen LogP contribution in [0.5, 0.6) is 0 Å². The Bertz CT molecular complexity index is 79.7. The monoisotopic (exact) mass is 184 g/mol. The number of hydrogen-bond donors (Lipinski definition) is 2. The quantitative estimate of drug-likeness (QED) is 0.683. The molecule has 60 valence electrons. The summed E-state index contributed by atoms with van der Waals surface area (Å²) in [7, 11) is 0. The van der Waals surface area contributed by atoms with E-state index in [1.54, 1.807) is 0 Å². The van der Waals surface area contributed by atoms with E-state index < -0.39 is 0 Å². The average molecular weight is 185 g/mol. The first kappa shape index (κ1) is 12.6. The molecule has 0 spiro atoms. The highest BCUT2D eigenvalue weighted by Crippen LogP contribution is 1.72. The third-order valence-corrected chi connectivity index (χ3v) is 0.745. The Balaban J connectivity index is 0. The van der Waals surface area contributed by atoms with Crippen molar-refractivity contribution in [3.05, 3.63) is 23.2 Å². The van der Waals surface area contributed by atoms with Crippen LogP contribution in [0.15, 0.2) is 23.2 Å². The predicted molar refractivity (Wildman–Crippen MR) is 44.2 cm³/mol. The first-order valence-corrected chi connectivity index (χ1v) is 3.42. The number of hydrogen-bond acceptors (Lipinski definition) is 2. The summed E-state index contributed by atoms with van der Waals surface area (Å²) in [6.07, 6.45) is 2.89. The highest BCUT2D eigenvalue weighted by atomic mass is 35.5. The van der Waals surface area contributed by atoms with Gasteiger partial charge in [-0.05, 0) is 12.2 Å². The molecule has 0 radical (unpaired) electrons. The summed E-state index contributed by atoms with van der Waals surface area (Å²) in [5, 5.41) is 15.8. The molecule has 0 bridgehead atoms. The van der Waals surface area contributed by atoms with Crippen LogP contribution in [0.1, 0.15) is 0 Å². The Morgan fingerprint density at radius 1 is 0.900 bits per heavy atom. The summed E-state index contributed by atoms with van der Waals surface area (Å²) in [4.78, 5) is 0. The first-order chi connectivity index (χ1) is 4.83. The Labute approximate surface area is 70.4 Å². The number of aliphatic hydroxyl groups excluding tert-OH is 2. The van der Waals surface area contributed by atoms with E-state index in [2.05, 4.69) is 0 Å². The Morgan fingerprint density at radius 2 is 1.20 bits per heavy atom. The van der Waals surface area contributed by atoms with Crippen molar-refractivity contribution in [2.24, 2.45) is 0 Å². The molecule has 0 aliphatic rings. The van der Waals surface area contributed by atoms with E-state index in [0.29, 0.717) is 0 Å². The molecule has 0 aromatic carbocycles. The van der Waals surface area contributed by atoms with Gasteiger partial charge in [0.05, 0.1) is 13.2 Å². The molecule has 0 aromatic rings. The molecule has 2 N–H and O–H groups in total. The minimum Gasteiger partial charge on any atom is -0.392 e. The molecular weight excluding hydrogens is 175 g/mol. The minimum atomic E-state index is 0.0312. The Hall–Kier alpha value is -0.0200. The maximum absolute atomic E-state index is 7.90.